The van der Waals surface area contributed by atoms with Crippen molar-refractivity contribution >= 4 is 11.6 Å². The largest absolute Gasteiger partial charge is 0.439 e. The predicted octanol–water partition coefficient (Wildman–Crippen LogP) is 5.09. The Morgan fingerprint density at radius 1 is 1.10 bits per heavy atom. The minimum Gasteiger partial charge on any atom is -0.439 e. The van der Waals surface area contributed by atoms with Crippen LogP contribution in [0.1, 0.15) is 44.6 Å². The minimum atomic E-state index is -0.179. The molecular formula is C17H21ClN2O. The van der Waals surface area contributed by atoms with Crippen LogP contribution < -0.4 is 4.74 Å². The molecular weight excluding hydrogens is 284 g/mol. The van der Waals surface area contributed by atoms with Gasteiger partial charge in [0.15, 0.2) is 0 Å². The fourth-order valence-electron chi connectivity index (χ4n) is 1.81. The molecule has 1 heterocycles. The molecule has 0 N–H and O–H groups in total. The number of aryl methyl sites for hydroxylation is 1. The van der Waals surface area contributed by atoms with Gasteiger partial charge in [-0.05, 0) is 31.0 Å². The average molecular weight is 305 g/mol. The van der Waals surface area contributed by atoms with Gasteiger partial charge in [0.25, 0.3) is 0 Å². The van der Waals surface area contributed by atoms with E-state index in [1.54, 1.807) is 0 Å². The maximum atomic E-state index is 6.21. The van der Waals surface area contributed by atoms with Gasteiger partial charge in [-0.1, -0.05) is 51.4 Å². The van der Waals surface area contributed by atoms with Crippen molar-refractivity contribution in [1.82, 2.24) is 9.97 Å². The van der Waals surface area contributed by atoms with Crippen molar-refractivity contribution in [3.8, 4) is 11.6 Å². The van der Waals surface area contributed by atoms with E-state index in [0.29, 0.717) is 16.9 Å². The monoisotopic (exact) mass is 304 g/mol. The van der Waals surface area contributed by atoms with Gasteiger partial charge in [-0.2, -0.15) is 4.98 Å². The molecule has 2 rings (SSSR count). The Labute approximate surface area is 131 Å². The second-order valence-corrected chi connectivity index (χ2v) is 6.48. The molecule has 1 aromatic heterocycles. The van der Waals surface area contributed by atoms with Crippen LogP contribution in [0, 0.1) is 6.92 Å². The molecule has 112 valence electrons. The van der Waals surface area contributed by atoms with E-state index in [9.17, 15) is 0 Å². The Morgan fingerprint density at radius 2 is 1.71 bits per heavy atom. The van der Waals surface area contributed by atoms with Gasteiger partial charge in [0.05, 0.1) is 0 Å². The van der Waals surface area contributed by atoms with Crippen molar-refractivity contribution in [3.63, 3.8) is 0 Å². The third kappa shape index (κ3) is 3.73. The lowest BCUT2D eigenvalue weighted by Crippen LogP contribution is -2.17. The summed E-state index contributed by atoms with van der Waals surface area (Å²) in [7, 11) is 0. The number of rotatable bonds is 3. The molecule has 3 nitrogen and oxygen atoms in total. The molecule has 0 aliphatic carbocycles. The SMILES string of the molecule is CCc1ccc(Oc2nc(C(C)(C)C)nc(Cl)c2C)cc1. The van der Waals surface area contributed by atoms with Crippen LogP contribution in [0.2, 0.25) is 5.15 Å². The summed E-state index contributed by atoms with van der Waals surface area (Å²) in [4.78, 5) is 8.87. The molecule has 0 fully saturated rings. The maximum Gasteiger partial charge on any atom is 0.227 e. The van der Waals surface area contributed by atoms with Gasteiger partial charge in [-0.15, -0.1) is 0 Å². The molecule has 21 heavy (non-hydrogen) atoms. The smallest absolute Gasteiger partial charge is 0.227 e. The van der Waals surface area contributed by atoms with Gasteiger partial charge in [-0.3, -0.25) is 0 Å². The number of nitrogens with zero attached hydrogens (tertiary/aromatic N) is 2. The van der Waals surface area contributed by atoms with Gasteiger partial charge in [-0.25, -0.2) is 4.98 Å². The molecule has 1 aromatic carbocycles. The molecule has 0 atom stereocenters. The van der Waals surface area contributed by atoms with E-state index in [-0.39, 0.29) is 5.41 Å². The van der Waals surface area contributed by atoms with Crippen molar-refractivity contribution in [3.05, 3.63) is 46.4 Å². The Balaban J connectivity index is 2.36. The summed E-state index contributed by atoms with van der Waals surface area (Å²) in [6.07, 6.45) is 1.01. The first kappa shape index (κ1) is 15.8. The van der Waals surface area contributed by atoms with Crippen LogP contribution in [-0.4, -0.2) is 9.97 Å². The van der Waals surface area contributed by atoms with E-state index in [2.05, 4.69) is 29.0 Å². The van der Waals surface area contributed by atoms with Crippen molar-refractivity contribution in [2.75, 3.05) is 0 Å². The molecule has 0 aliphatic heterocycles. The maximum absolute atomic E-state index is 6.21. The van der Waals surface area contributed by atoms with E-state index in [0.717, 1.165) is 17.7 Å². The molecule has 0 unspecified atom stereocenters. The van der Waals surface area contributed by atoms with E-state index in [1.165, 1.54) is 5.56 Å². The second kappa shape index (κ2) is 6.02. The number of halogens is 1. The number of benzene rings is 1. The number of hydrogen-bond donors (Lipinski definition) is 0. The van der Waals surface area contributed by atoms with Crippen molar-refractivity contribution in [2.45, 2.75) is 46.5 Å². The highest BCUT2D eigenvalue weighted by Crippen LogP contribution is 2.30. The molecule has 2 aromatic rings. The van der Waals surface area contributed by atoms with Crippen LogP contribution in [0.15, 0.2) is 24.3 Å². The van der Waals surface area contributed by atoms with E-state index in [1.807, 2.05) is 39.8 Å². The van der Waals surface area contributed by atoms with Gasteiger partial charge in [0, 0.05) is 11.0 Å². The van der Waals surface area contributed by atoms with Crippen molar-refractivity contribution in [2.24, 2.45) is 0 Å². The van der Waals surface area contributed by atoms with E-state index in [4.69, 9.17) is 16.3 Å². The summed E-state index contributed by atoms with van der Waals surface area (Å²) < 4.78 is 5.89. The average Bonchev–Trinajstić information content (AvgIpc) is 2.43. The first-order valence-electron chi connectivity index (χ1n) is 7.12. The minimum absolute atomic E-state index is 0.179. The summed E-state index contributed by atoms with van der Waals surface area (Å²) in [5.74, 6) is 1.95. The fraction of sp³-hybridized carbons (Fsp3) is 0.412. The van der Waals surface area contributed by atoms with Crippen LogP contribution in [0.5, 0.6) is 11.6 Å². The lowest BCUT2D eigenvalue weighted by molar-refractivity contribution is 0.441. The van der Waals surface area contributed by atoms with Crippen LogP contribution in [0.25, 0.3) is 0 Å². The Hall–Kier alpha value is -1.61. The normalized spacial score (nSPS) is 11.5. The third-order valence-corrected chi connectivity index (χ3v) is 3.63. The number of aromatic nitrogens is 2. The number of hydrogen-bond acceptors (Lipinski definition) is 3. The van der Waals surface area contributed by atoms with Crippen LogP contribution >= 0.6 is 11.6 Å². The first-order valence-corrected chi connectivity index (χ1v) is 7.50. The molecule has 0 aliphatic rings. The quantitative estimate of drug-likeness (QED) is 0.741. The molecule has 0 saturated heterocycles. The first-order chi connectivity index (χ1) is 9.81. The zero-order chi connectivity index (χ0) is 15.6. The molecule has 0 radical (unpaired) electrons. The second-order valence-electron chi connectivity index (χ2n) is 6.12. The summed E-state index contributed by atoms with van der Waals surface area (Å²) in [5, 5.41) is 0.440. The summed E-state index contributed by atoms with van der Waals surface area (Å²) in [6.45, 7) is 10.1. The summed E-state index contributed by atoms with van der Waals surface area (Å²) >= 11 is 6.21. The standard InChI is InChI=1S/C17H21ClN2O/c1-6-12-7-9-13(10-8-12)21-15-11(2)14(18)19-16(20-15)17(3,4)5/h7-10H,6H2,1-5H3. The van der Waals surface area contributed by atoms with Gasteiger partial charge in [0.1, 0.15) is 16.7 Å². The van der Waals surface area contributed by atoms with E-state index >= 15 is 0 Å². The lowest BCUT2D eigenvalue weighted by Gasteiger charge is -2.19. The Bertz CT molecular complexity index is 630. The molecule has 0 spiro atoms. The highest BCUT2D eigenvalue weighted by Gasteiger charge is 2.21. The van der Waals surface area contributed by atoms with Crippen LogP contribution in [0.4, 0.5) is 0 Å². The Kier molecular flexibility index (Phi) is 4.52. The van der Waals surface area contributed by atoms with Crippen LogP contribution in [-0.2, 0) is 11.8 Å². The van der Waals surface area contributed by atoms with Gasteiger partial charge in [0.2, 0.25) is 5.88 Å². The Morgan fingerprint density at radius 3 is 2.24 bits per heavy atom. The van der Waals surface area contributed by atoms with Gasteiger partial charge >= 0.3 is 0 Å². The van der Waals surface area contributed by atoms with Crippen molar-refractivity contribution in [1.29, 1.82) is 0 Å². The predicted molar refractivity (Wildman–Crippen MR) is 86.4 cm³/mol. The van der Waals surface area contributed by atoms with Crippen LogP contribution in [0.3, 0.4) is 0 Å². The highest BCUT2D eigenvalue weighted by molar-refractivity contribution is 6.30. The van der Waals surface area contributed by atoms with Gasteiger partial charge < -0.3 is 4.74 Å². The summed E-state index contributed by atoms with van der Waals surface area (Å²) in [6, 6.07) is 8.01. The zero-order valence-corrected chi connectivity index (χ0v) is 14.0. The summed E-state index contributed by atoms with van der Waals surface area (Å²) in [5.41, 5.74) is 1.85. The number of ether oxygens (including phenoxy) is 1. The fourth-order valence-corrected chi connectivity index (χ4v) is 1.97. The molecule has 4 heteroatoms. The third-order valence-electron chi connectivity index (χ3n) is 3.26. The zero-order valence-electron chi connectivity index (χ0n) is 13.2. The molecule has 0 amide bonds. The van der Waals surface area contributed by atoms with Crippen molar-refractivity contribution < 1.29 is 4.74 Å². The molecule has 0 bridgehead atoms. The molecule has 0 saturated carbocycles. The topological polar surface area (TPSA) is 35.0 Å². The highest BCUT2D eigenvalue weighted by atomic mass is 35.5. The lowest BCUT2D eigenvalue weighted by atomic mass is 9.96. The van der Waals surface area contributed by atoms with E-state index < -0.39 is 0 Å².